The second-order valence-electron chi connectivity index (χ2n) is 6.54. The van der Waals surface area contributed by atoms with Crippen molar-refractivity contribution in [1.29, 1.82) is 5.26 Å². The molecule has 7 nitrogen and oxygen atoms in total. The topological polar surface area (TPSA) is 102 Å². The number of anilines is 1. The summed E-state index contributed by atoms with van der Waals surface area (Å²) in [6.07, 6.45) is 3.14. The van der Waals surface area contributed by atoms with Gasteiger partial charge in [0.25, 0.3) is 0 Å². The molecular formula is C17H18N4O3S2. The number of carbonyl (C=O) groups excluding carboxylic acids is 3. The number of nitrogens with one attached hydrogen (secondary N) is 2. The van der Waals surface area contributed by atoms with Crippen LogP contribution in [0.25, 0.3) is 0 Å². The van der Waals surface area contributed by atoms with Crippen LogP contribution in [-0.2, 0) is 27.2 Å². The Morgan fingerprint density at radius 1 is 1.35 bits per heavy atom. The number of rotatable bonds is 3. The molecule has 1 aromatic heterocycles. The fourth-order valence-corrected chi connectivity index (χ4v) is 4.85. The largest absolute Gasteiger partial charge is 0.323 e. The second kappa shape index (κ2) is 7.51. The van der Waals surface area contributed by atoms with Crippen LogP contribution in [0.4, 0.5) is 5.00 Å². The van der Waals surface area contributed by atoms with E-state index < -0.39 is 5.91 Å². The third kappa shape index (κ3) is 3.76. The van der Waals surface area contributed by atoms with E-state index in [4.69, 9.17) is 12.2 Å². The Hall–Kier alpha value is -2.31. The number of hydrogen-bond acceptors (Lipinski definition) is 6. The first-order valence-electron chi connectivity index (χ1n) is 8.37. The van der Waals surface area contributed by atoms with Gasteiger partial charge in [-0.05, 0) is 43.0 Å². The van der Waals surface area contributed by atoms with Gasteiger partial charge in [0.1, 0.15) is 17.6 Å². The van der Waals surface area contributed by atoms with E-state index >= 15 is 0 Å². The highest BCUT2D eigenvalue weighted by atomic mass is 32.1. The molecule has 2 aliphatic rings. The minimum Gasteiger partial charge on any atom is -0.323 e. The molecule has 26 heavy (non-hydrogen) atoms. The lowest BCUT2D eigenvalue weighted by atomic mass is 9.89. The zero-order valence-electron chi connectivity index (χ0n) is 14.3. The third-order valence-electron chi connectivity index (χ3n) is 4.56. The number of amides is 3. The van der Waals surface area contributed by atoms with Crippen molar-refractivity contribution in [3.63, 3.8) is 0 Å². The van der Waals surface area contributed by atoms with Crippen LogP contribution in [0.15, 0.2) is 0 Å². The maximum Gasteiger partial charge on any atom is 0.246 e. The maximum atomic E-state index is 12.0. The van der Waals surface area contributed by atoms with Gasteiger partial charge in [0, 0.05) is 17.7 Å². The molecule has 0 spiro atoms. The lowest BCUT2D eigenvalue weighted by Crippen LogP contribution is -2.43. The van der Waals surface area contributed by atoms with Gasteiger partial charge in [-0.2, -0.15) is 5.26 Å². The molecule has 1 aliphatic carbocycles. The van der Waals surface area contributed by atoms with Crippen molar-refractivity contribution in [1.82, 2.24) is 10.2 Å². The van der Waals surface area contributed by atoms with Crippen LogP contribution in [0.2, 0.25) is 0 Å². The number of thiocarbonyl (C=S) groups is 1. The number of nitriles is 1. The molecule has 1 saturated heterocycles. The summed E-state index contributed by atoms with van der Waals surface area (Å²) in [7, 11) is 0. The molecule has 2 heterocycles. The molecule has 0 aromatic carbocycles. The van der Waals surface area contributed by atoms with E-state index in [1.807, 2.05) is 0 Å². The zero-order chi connectivity index (χ0) is 18.8. The highest BCUT2D eigenvalue weighted by molar-refractivity contribution is 7.80. The summed E-state index contributed by atoms with van der Waals surface area (Å²) in [4.78, 5) is 37.3. The Kier molecular flexibility index (Phi) is 5.34. The molecule has 2 N–H and O–H groups in total. The molecule has 3 amide bonds. The molecule has 1 aromatic rings. The van der Waals surface area contributed by atoms with Crippen molar-refractivity contribution < 1.29 is 14.4 Å². The summed E-state index contributed by atoms with van der Waals surface area (Å²) in [6, 6.07) is 2.23. The van der Waals surface area contributed by atoms with Gasteiger partial charge >= 0.3 is 0 Å². The average molecular weight is 390 g/mol. The highest BCUT2D eigenvalue weighted by Crippen LogP contribution is 2.39. The van der Waals surface area contributed by atoms with Crippen LogP contribution in [0.3, 0.4) is 0 Å². The summed E-state index contributed by atoms with van der Waals surface area (Å²) in [5, 5.41) is 15.5. The quantitative estimate of drug-likeness (QED) is 0.602. The van der Waals surface area contributed by atoms with Crippen molar-refractivity contribution in [2.24, 2.45) is 5.92 Å². The van der Waals surface area contributed by atoms with Gasteiger partial charge in [0.15, 0.2) is 5.11 Å². The van der Waals surface area contributed by atoms with Crippen molar-refractivity contribution in [2.45, 2.75) is 39.0 Å². The SMILES string of the molecule is C[C@@H]1CCc2c(sc(NC(=S)NC(=O)CN3C(=O)CCC3=O)c2C#N)C1. The molecule has 1 aliphatic heterocycles. The maximum absolute atomic E-state index is 12.0. The highest BCUT2D eigenvalue weighted by Gasteiger charge is 2.30. The molecule has 0 radical (unpaired) electrons. The Bertz CT molecular complexity index is 824. The number of fused-ring (bicyclic) bond motifs is 1. The van der Waals surface area contributed by atoms with Gasteiger partial charge in [-0.25, -0.2) is 0 Å². The van der Waals surface area contributed by atoms with E-state index in [1.165, 1.54) is 16.2 Å². The summed E-state index contributed by atoms with van der Waals surface area (Å²) in [5.41, 5.74) is 1.65. The number of nitrogens with zero attached hydrogens (tertiary/aromatic N) is 2. The van der Waals surface area contributed by atoms with Crippen molar-refractivity contribution in [2.75, 3.05) is 11.9 Å². The van der Waals surface area contributed by atoms with E-state index in [2.05, 4.69) is 23.6 Å². The fraction of sp³-hybridized carbons (Fsp3) is 0.471. The summed E-state index contributed by atoms with van der Waals surface area (Å²) in [5.74, 6) is -0.658. The van der Waals surface area contributed by atoms with Crippen molar-refractivity contribution in [3.05, 3.63) is 16.0 Å². The lowest BCUT2D eigenvalue weighted by molar-refractivity contribution is -0.142. The minimum atomic E-state index is -0.542. The Balaban J connectivity index is 1.63. The van der Waals surface area contributed by atoms with Crippen molar-refractivity contribution >= 4 is 51.4 Å². The van der Waals surface area contributed by atoms with Crippen LogP contribution in [0.1, 0.15) is 42.2 Å². The van der Waals surface area contributed by atoms with Gasteiger partial charge in [0.05, 0.1) is 5.56 Å². The van der Waals surface area contributed by atoms with Crippen LogP contribution in [0.5, 0.6) is 0 Å². The molecule has 1 fully saturated rings. The fourth-order valence-electron chi connectivity index (χ4n) is 3.20. The monoisotopic (exact) mass is 390 g/mol. The first-order valence-corrected chi connectivity index (χ1v) is 9.60. The van der Waals surface area contributed by atoms with E-state index in [0.29, 0.717) is 16.5 Å². The van der Waals surface area contributed by atoms with Crippen LogP contribution >= 0.6 is 23.6 Å². The summed E-state index contributed by atoms with van der Waals surface area (Å²) in [6.45, 7) is 1.84. The number of hydrogen-bond donors (Lipinski definition) is 2. The van der Waals surface area contributed by atoms with Crippen molar-refractivity contribution in [3.8, 4) is 6.07 Å². The molecule has 9 heteroatoms. The Morgan fingerprint density at radius 2 is 2.04 bits per heavy atom. The molecule has 0 saturated carbocycles. The molecule has 1 atom stereocenters. The summed E-state index contributed by atoms with van der Waals surface area (Å²) >= 11 is 6.64. The van der Waals surface area contributed by atoms with Crippen LogP contribution in [-0.4, -0.2) is 34.3 Å². The van der Waals surface area contributed by atoms with E-state index in [9.17, 15) is 19.6 Å². The lowest BCUT2D eigenvalue weighted by Gasteiger charge is -2.17. The molecule has 0 unspecified atom stereocenters. The van der Waals surface area contributed by atoms with E-state index in [0.717, 1.165) is 29.7 Å². The summed E-state index contributed by atoms with van der Waals surface area (Å²) < 4.78 is 0. The number of thiophene rings is 1. The predicted molar refractivity (Wildman–Crippen MR) is 101 cm³/mol. The standard InChI is InChI=1S/C17H18N4O3S2/c1-9-2-3-10-11(7-18)16(26-12(10)6-9)20-17(25)19-13(22)8-21-14(23)4-5-15(21)24/h9H,2-6,8H2,1H3,(H2,19,20,22,25)/t9-/m1/s1. The van der Waals surface area contributed by atoms with Crippen LogP contribution in [0, 0.1) is 17.2 Å². The third-order valence-corrected chi connectivity index (χ3v) is 5.93. The average Bonchev–Trinajstić information content (AvgIpc) is 3.07. The normalized spacial score (nSPS) is 19.1. The van der Waals surface area contributed by atoms with Gasteiger partial charge in [0.2, 0.25) is 17.7 Å². The predicted octanol–water partition coefficient (Wildman–Crippen LogP) is 1.71. The zero-order valence-corrected chi connectivity index (χ0v) is 15.9. The number of imide groups is 1. The molecule has 3 rings (SSSR count). The minimum absolute atomic E-state index is 0.0530. The first-order chi connectivity index (χ1) is 12.4. The van der Waals surface area contributed by atoms with Crippen LogP contribution < -0.4 is 10.6 Å². The van der Waals surface area contributed by atoms with Gasteiger partial charge < -0.3 is 10.6 Å². The molecule has 0 bridgehead atoms. The second-order valence-corrected chi connectivity index (χ2v) is 8.06. The Labute approximate surface area is 160 Å². The smallest absolute Gasteiger partial charge is 0.246 e. The number of carbonyl (C=O) groups is 3. The van der Waals surface area contributed by atoms with E-state index in [1.54, 1.807) is 0 Å². The van der Waals surface area contributed by atoms with Gasteiger partial charge in [-0.1, -0.05) is 6.92 Å². The molecular weight excluding hydrogens is 372 g/mol. The molecule has 136 valence electrons. The Morgan fingerprint density at radius 3 is 2.69 bits per heavy atom. The van der Waals surface area contributed by atoms with E-state index in [-0.39, 0.29) is 36.3 Å². The first kappa shape index (κ1) is 18.5. The number of likely N-dealkylation sites (tertiary alicyclic amines) is 1. The van der Waals surface area contributed by atoms with Gasteiger partial charge in [-0.15, -0.1) is 11.3 Å². The van der Waals surface area contributed by atoms with Gasteiger partial charge in [-0.3, -0.25) is 19.3 Å².